The van der Waals surface area contributed by atoms with E-state index in [2.05, 4.69) is 20.6 Å². The van der Waals surface area contributed by atoms with Gasteiger partial charge in [0.25, 0.3) is 0 Å². The van der Waals surface area contributed by atoms with Crippen molar-refractivity contribution in [3.63, 3.8) is 0 Å². The van der Waals surface area contributed by atoms with Gasteiger partial charge in [-0.2, -0.15) is 0 Å². The molecular weight excluding hydrogens is 418 g/mol. The van der Waals surface area contributed by atoms with Crippen LogP contribution in [0.1, 0.15) is 24.1 Å². The van der Waals surface area contributed by atoms with Crippen molar-refractivity contribution in [2.75, 3.05) is 17.2 Å². The number of para-hydroxylation sites is 2. The van der Waals surface area contributed by atoms with Gasteiger partial charge >= 0.3 is 5.69 Å². The molecule has 166 valence electrons. The maximum absolute atomic E-state index is 12.1. The van der Waals surface area contributed by atoms with Crippen LogP contribution in [0.2, 0.25) is 0 Å². The molecule has 3 aromatic carbocycles. The van der Waals surface area contributed by atoms with Crippen molar-refractivity contribution in [3.05, 3.63) is 112 Å². The minimum absolute atomic E-state index is 0.0736. The van der Waals surface area contributed by atoms with Gasteiger partial charge in [0.05, 0.1) is 23.3 Å². The molecule has 2 N–H and O–H groups in total. The summed E-state index contributed by atoms with van der Waals surface area (Å²) < 4.78 is 5.63. The van der Waals surface area contributed by atoms with E-state index >= 15 is 0 Å². The first kappa shape index (κ1) is 21.8. The van der Waals surface area contributed by atoms with E-state index in [-0.39, 0.29) is 23.4 Å². The lowest BCUT2D eigenvalue weighted by molar-refractivity contribution is -0.383. The molecule has 0 amide bonds. The van der Waals surface area contributed by atoms with Crippen LogP contribution in [0.5, 0.6) is 5.75 Å². The molecule has 8 heteroatoms. The van der Waals surface area contributed by atoms with E-state index in [1.165, 1.54) is 6.33 Å². The molecule has 8 nitrogen and oxygen atoms in total. The first-order valence-corrected chi connectivity index (χ1v) is 10.5. The van der Waals surface area contributed by atoms with Crippen LogP contribution in [0.15, 0.2) is 91.3 Å². The van der Waals surface area contributed by atoms with Gasteiger partial charge in [-0.1, -0.05) is 72.8 Å². The zero-order chi connectivity index (χ0) is 23.0. The topological polar surface area (TPSA) is 102 Å². The number of nitro groups is 1. The van der Waals surface area contributed by atoms with Crippen molar-refractivity contribution < 1.29 is 9.66 Å². The normalized spacial score (nSPS) is 10.6. The van der Waals surface area contributed by atoms with E-state index < -0.39 is 4.92 Å². The highest BCUT2D eigenvalue weighted by molar-refractivity contribution is 5.76. The Morgan fingerprint density at radius 2 is 1.45 bits per heavy atom. The highest BCUT2D eigenvalue weighted by Crippen LogP contribution is 2.36. The van der Waals surface area contributed by atoms with E-state index in [0.717, 1.165) is 11.1 Å². The van der Waals surface area contributed by atoms with Crippen LogP contribution in [0, 0.1) is 10.1 Å². The van der Waals surface area contributed by atoms with Crippen molar-refractivity contribution >= 4 is 23.0 Å². The molecule has 0 aliphatic carbocycles. The smallest absolute Gasteiger partial charge is 0.353 e. The van der Waals surface area contributed by atoms with E-state index in [1.54, 1.807) is 12.1 Å². The number of nitrogens with one attached hydrogen (secondary N) is 2. The average Bonchev–Trinajstić information content (AvgIpc) is 2.85. The zero-order valence-corrected chi connectivity index (χ0v) is 18.0. The van der Waals surface area contributed by atoms with Crippen LogP contribution < -0.4 is 15.4 Å². The van der Waals surface area contributed by atoms with Gasteiger partial charge in [0.15, 0.2) is 0 Å². The molecule has 0 atom stereocenters. The van der Waals surface area contributed by atoms with Crippen LogP contribution in [0.25, 0.3) is 0 Å². The number of ether oxygens (including phenoxy) is 1. The Hall–Kier alpha value is -4.46. The van der Waals surface area contributed by atoms with Gasteiger partial charge < -0.3 is 15.4 Å². The molecule has 4 rings (SSSR count). The molecule has 0 radical (unpaired) electrons. The van der Waals surface area contributed by atoms with Gasteiger partial charge in [0, 0.05) is 0 Å². The maximum Gasteiger partial charge on any atom is 0.353 e. The second-order valence-electron chi connectivity index (χ2n) is 7.13. The summed E-state index contributed by atoms with van der Waals surface area (Å²) >= 11 is 0. The highest BCUT2D eigenvalue weighted by atomic mass is 16.6. The van der Waals surface area contributed by atoms with Gasteiger partial charge in [-0.25, -0.2) is 9.97 Å². The quantitative estimate of drug-likeness (QED) is 0.253. The average molecular weight is 441 g/mol. The summed E-state index contributed by atoms with van der Waals surface area (Å²) in [6.45, 7) is 2.34. The summed E-state index contributed by atoms with van der Waals surface area (Å²) in [7, 11) is 0. The predicted octanol–water partition coefficient (Wildman–Crippen LogP) is 5.73. The summed E-state index contributed by atoms with van der Waals surface area (Å²) in [4.78, 5) is 20.0. The molecular formula is C25H23N5O3. The number of benzene rings is 3. The van der Waals surface area contributed by atoms with Crippen molar-refractivity contribution in [3.8, 4) is 5.75 Å². The number of hydrogen-bond donors (Lipinski definition) is 2. The highest BCUT2D eigenvalue weighted by Gasteiger charge is 2.26. The Morgan fingerprint density at radius 3 is 2.06 bits per heavy atom. The summed E-state index contributed by atoms with van der Waals surface area (Å²) in [5.74, 6) is 0.766. The zero-order valence-electron chi connectivity index (χ0n) is 18.0. The minimum Gasteiger partial charge on any atom is -0.492 e. The molecule has 0 unspecified atom stereocenters. The van der Waals surface area contributed by atoms with Gasteiger partial charge in [-0.3, -0.25) is 10.1 Å². The van der Waals surface area contributed by atoms with Gasteiger partial charge in [0.1, 0.15) is 12.1 Å². The maximum atomic E-state index is 12.1. The Morgan fingerprint density at radius 1 is 0.879 bits per heavy atom. The third-order valence-corrected chi connectivity index (χ3v) is 4.99. The predicted molar refractivity (Wildman–Crippen MR) is 128 cm³/mol. The van der Waals surface area contributed by atoms with Crippen molar-refractivity contribution in [1.29, 1.82) is 0 Å². The Labute approximate surface area is 191 Å². The number of hydrogen-bond acceptors (Lipinski definition) is 7. The van der Waals surface area contributed by atoms with Gasteiger partial charge in [-0.15, -0.1) is 0 Å². The molecule has 0 aliphatic rings. The van der Waals surface area contributed by atoms with E-state index in [4.69, 9.17) is 4.74 Å². The molecule has 1 heterocycles. The lowest BCUT2D eigenvalue weighted by atomic mass is 9.99. The van der Waals surface area contributed by atoms with Crippen LogP contribution >= 0.6 is 0 Å². The van der Waals surface area contributed by atoms with Crippen molar-refractivity contribution in [2.24, 2.45) is 0 Å². The Bertz CT molecular complexity index is 1180. The largest absolute Gasteiger partial charge is 0.492 e. The van der Waals surface area contributed by atoms with Gasteiger partial charge in [-0.05, 0) is 30.2 Å². The molecule has 0 spiro atoms. The fourth-order valence-electron chi connectivity index (χ4n) is 3.51. The van der Waals surface area contributed by atoms with Crippen LogP contribution in [0.4, 0.5) is 23.0 Å². The number of aromatic nitrogens is 2. The molecule has 33 heavy (non-hydrogen) atoms. The molecule has 0 saturated heterocycles. The molecule has 1 aromatic heterocycles. The van der Waals surface area contributed by atoms with Crippen LogP contribution in [-0.2, 0) is 0 Å². The summed E-state index contributed by atoms with van der Waals surface area (Å²) in [6.07, 6.45) is 1.30. The number of anilines is 3. The molecule has 0 aliphatic heterocycles. The molecule has 0 saturated carbocycles. The lowest BCUT2D eigenvalue weighted by Crippen LogP contribution is -2.15. The number of nitrogens with zero attached hydrogens (tertiary/aromatic N) is 3. The summed E-state index contributed by atoms with van der Waals surface area (Å²) in [6, 6.07) is 26.3. The summed E-state index contributed by atoms with van der Waals surface area (Å²) in [5, 5.41) is 18.4. The SMILES string of the molecule is CCOc1ccccc1Nc1ncnc(NC(c2ccccc2)c2ccccc2)c1[N+](=O)[O-]. The fourth-order valence-corrected chi connectivity index (χ4v) is 3.51. The lowest BCUT2D eigenvalue weighted by Gasteiger charge is -2.21. The van der Waals surface area contributed by atoms with E-state index in [1.807, 2.05) is 79.7 Å². The Kier molecular flexibility index (Phi) is 6.75. The molecule has 0 fully saturated rings. The third-order valence-electron chi connectivity index (χ3n) is 4.99. The molecule has 0 bridgehead atoms. The minimum atomic E-state index is -0.485. The first-order chi connectivity index (χ1) is 16.2. The van der Waals surface area contributed by atoms with Gasteiger partial charge in [0.2, 0.25) is 11.6 Å². The second-order valence-corrected chi connectivity index (χ2v) is 7.13. The van der Waals surface area contributed by atoms with Crippen LogP contribution in [0.3, 0.4) is 0 Å². The Balaban J connectivity index is 1.74. The third kappa shape index (κ3) is 5.07. The first-order valence-electron chi connectivity index (χ1n) is 10.5. The van der Waals surface area contributed by atoms with E-state index in [9.17, 15) is 10.1 Å². The standard InChI is InChI=1S/C25H23N5O3/c1-2-33-21-16-10-9-15-20(21)28-24-23(30(31)32)25(27-17-26-24)29-22(18-11-5-3-6-12-18)19-13-7-4-8-14-19/h3-17,22H,2H2,1H3,(H2,26,27,28,29). The van der Waals surface area contributed by atoms with Crippen molar-refractivity contribution in [1.82, 2.24) is 9.97 Å². The van der Waals surface area contributed by atoms with E-state index in [0.29, 0.717) is 18.0 Å². The van der Waals surface area contributed by atoms with Crippen LogP contribution in [-0.4, -0.2) is 21.5 Å². The monoisotopic (exact) mass is 441 g/mol. The fraction of sp³-hybridized carbons (Fsp3) is 0.120. The summed E-state index contributed by atoms with van der Waals surface area (Å²) in [5.41, 5.74) is 2.23. The van der Waals surface area contributed by atoms with Crippen molar-refractivity contribution in [2.45, 2.75) is 13.0 Å². The number of rotatable bonds is 9. The molecule has 4 aromatic rings. The second kappa shape index (κ2) is 10.2.